The number of halogens is 3. The summed E-state index contributed by atoms with van der Waals surface area (Å²) in [7, 11) is 1.49. The summed E-state index contributed by atoms with van der Waals surface area (Å²) in [5.41, 5.74) is 0.683. The number of alkyl halides is 3. The lowest BCUT2D eigenvalue weighted by molar-refractivity contribution is -0.153. The maximum atomic E-state index is 12.5. The maximum absolute atomic E-state index is 12.5. The largest absolute Gasteiger partial charge is 0.493 e. The summed E-state index contributed by atoms with van der Waals surface area (Å²) in [6.45, 7) is 1.13. The Bertz CT molecular complexity index is 891. The van der Waals surface area contributed by atoms with Crippen molar-refractivity contribution in [2.75, 3.05) is 19.0 Å². The number of thioether (sulfide) groups is 1. The molecule has 2 aromatic rings. The number of hydrogen-bond donors (Lipinski definition) is 0. The van der Waals surface area contributed by atoms with Crippen LogP contribution < -0.4 is 15.0 Å². The van der Waals surface area contributed by atoms with E-state index in [4.69, 9.17) is 9.47 Å². The molecule has 0 unspecified atom stereocenters. The average Bonchev–Trinajstić information content (AvgIpc) is 3.45. The molecule has 4 nitrogen and oxygen atoms in total. The number of pyridine rings is 1. The monoisotopic (exact) mass is 413 g/mol. The molecule has 1 heterocycles. The Labute approximate surface area is 165 Å². The second-order valence-corrected chi connectivity index (χ2v) is 8.10. The standard InChI is InChI=1S/C20H22F3NO3S/c1-3-28-15-6-7-17(26-11-13-4-5-13)16(9-15)14-8-18(19(25)24(2)10-14)27-12-20(21,22)23/h6-10,13H,3-5,11-12H2,1-2H3. The first-order valence-electron chi connectivity index (χ1n) is 9.07. The van der Waals surface area contributed by atoms with Crippen molar-refractivity contribution in [3.05, 3.63) is 40.8 Å². The normalized spacial score (nSPS) is 14.2. The van der Waals surface area contributed by atoms with Gasteiger partial charge in [0.2, 0.25) is 0 Å². The third-order valence-corrected chi connectivity index (χ3v) is 5.16. The van der Waals surface area contributed by atoms with E-state index in [1.807, 2.05) is 25.1 Å². The Hall–Kier alpha value is -2.09. The second-order valence-electron chi connectivity index (χ2n) is 6.76. The summed E-state index contributed by atoms with van der Waals surface area (Å²) in [6, 6.07) is 7.12. The third kappa shape index (κ3) is 5.47. The molecule has 152 valence electrons. The summed E-state index contributed by atoms with van der Waals surface area (Å²) < 4.78 is 49.5. The van der Waals surface area contributed by atoms with Crippen molar-refractivity contribution >= 4 is 11.8 Å². The van der Waals surface area contributed by atoms with E-state index in [1.54, 1.807) is 18.0 Å². The molecule has 0 radical (unpaired) electrons. The highest BCUT2D eigenvalue weighted by Gasteiger charge is 2.29. The van der Waals surface area contributed by atoms with Crippen molar-refractivity contribution in [3.8, 4) is 22.6 Å². The molecule has 8 heteroatoms. The Morgan fingerprint density at radius 3 is 2.57 bits per heavy atom. The molecule has 0 spiro atoms. The van der Waals surface area contributed by atoms with Gasteiger partial charge in [0.05, 0.1) is 6.61 Å². The van der Waals surface area contributed by atoms with Crippen molar-refractivity contribution < 1.29 is 22.6 Å². The molecule has 1 aliphatic carbocycles. The Balaban J connectivity index is 1.98. The highest BCUT2D eigenvalue weighted by Crippen LogP contribution is 2.37. The van der Waals surface area contributed by atoms with Crippen molar-refractivity contribution in [2.24, 2.45) is 13.0 Å². The van der Waals surface area contributed by atoms with E-state index in [-0.39, 0.29) is 5.75 Å². The molecule has 0 N–H and O–H groups in total. The van der Waals surface area contributed by atoms with Gasteiger partial charge in [-0.1, -0.05) is 6.92 Å². The minimum Gasteiger partial charge on any atom is -0.493 e. The van der Waals surface area contributed by atoms with E-state index in [0.717, 1.165) is 29.1 Å². The van der Waals surface area contributed by atoms with Crippen LogP contribution in [-0.4, -0.2) is 29.7 Å². The smallest absolute Gasteiger partial charge is 0.422 e. The SMILES string of the molecule is CCSc1ccc(OCC2CC2)c(-c2cc(OCC(F)(F)F)c(=O)n(C)c2)c1. The summed E-state index contributed by atoms with van der Waals surface area (Å²) in [6.07, 6.45) is -0.636. The lowest BCUT2D eigenvalue weighted by Crippen LogP contribution is -2.25. The van der Waals surface area contributed by atoms with E-state index in [9.17, 15) is 18.0 Å². The number of ether oxygens (including phenoxy) is 2. The van der Waals surface area contributed by atoms with Crippen molar-refractivity contribution in [1.82, 2.24) is 4.57 Å². The van der Waals surface area contributed by atoms with E-state index in [0.29, 0.717) is 23.8 Å². The van der Waals surface area contributed by atoms with Gasteiger partial charge in [0.15, 0.2) is 12.4 Å². The van der Waals surface area contributed by atoms with Crippen molar-refractivity contribution in [3.63, 3.8) is 0 Å². The molecule has 0 atom stereocenters. The molecular weight excluding hydrogens is 391 g/mol. The molecule has 1 fully saturated rings. The number of aromatic nitrogens is 1. The molecule has 0 aliphatic heterocycles. The summed E-state index contributed by atoms with van der Waals surface area (Å²) in [5.74, 6) is 1.75. The molecule has 0 bridgehead atoms. The Morgan fingerprint density at radius 1 is 1.18 bits per heavy atom. The molecule has 1 aromatic carbocycles. The number of hydrogen-bond acceptors (Lipinski definition) is 4. The topological polar surface area (TPSA) is 40.5 Å². The average molecular weight is 413 g/mol. The molecule has 3 rings (SSSR count). The van der Waals surface area contributed by atoms with Crippen LogP contribution in [0.15, 0.2) is 40.2 Å². The van der Waals surface area contributed by atoms with Gasteiger partial charge in [0, 0.05) is 29.3 Å². The predicted molar refractivity (Wildman–Crippen MR) is 103 cm³/mol. The summed E-state index contributed by atoms with van der Waals surface area (Å²) >= 11 is 1.65. The lowest BCUT2D eigenvalue weighted by atomic mass is 10.1. The lowest BCUT2D eigenvalue weighted by Gasteiger charge is -2.15. The van der Waals surface area contributed by atoms with E-state index < -0.39 is 18.3 Å². The minimum atomic E-state index is -4.52. The fourth-order valence-corrected chi connectivity index (χ4v) is 3.40. The molecule has 28 heavy (non-hydrogen) atoms. The van der Waals surface area contributed by atoms with Crippen LogP contribution in [-0.2, 0) is 7.05 Å². The van der Waals surface area contributed by atoms with Crippen LogP contribution in [0.4, 0.5) is 13.2 Å². The number of aryl methyl sites for hydroxylation is 1. The first-order valence-corrected chi connectivity index (χ1v) is 10.1. The van der Waals surface area contributed by atoms with Crippen LogP contribution in [0, 0.1) is 5.92 Å². The van der Waals surface area contributed by atoms with Gasteiger partial charge in [0.1, 0.15) is 5.75 Å². The molecule has 1 aromatic heterocycles. The van der Waals surface area contributed by atoms with Crippen molar-refractivity contribution in [2.45, 2.75) is 30.8 Å². The minimum absolute atomic E-state index is 0.334. The fourth-order valence-electron chi connectivity index (χ4n) is 2.70. The quantitative estimate of drug-likeness (QED) is 0.578. The highest BCUT2D eigenvalue weighted by atomic mass is 32.2. The maximum Gasteiger partial charge on any atom is 0.422 e. The molecule has 1 saturated carbocycles. The van der Waals surface area contributed by atoms with E-state index >= 15 is 0 Å². The van der Waals surface area contributed by atoms with Crippen LogP contribution in [0.3, 0.4) is 0 Å². The van der Waals surface area contributed by atoms with Gasteiger partial charge in [-0.3, -0.25) is 4.79 Å². The first kappa shape index (κ1) is 20.6. The summed E-state index contributed by atoms with van der Waals surface area (Å²) in [5, 5.41) is 0. The van der Waals surface area contributed by atoms with Gasteiger partial charge in [-0.15, -0.1) is 11.8 Å². The zero-order valence-electron chi connectivity index (χ0n) is 15.7. The molecule has 0 saturated heterocycles. The fraction of sp³-hybridized carbons (Fsp3) is 0.450. The molecule has 0 amide bonds. The zero-order chi connectivity index (χ0) is 20.3. The van der Waals surface area contributed by atoms with Gasteiger partial charge in [-0.05, 0) is 48.8 Å². The van der Waals surface area contributed by atoms with E-state index in [2.05, 4.69) is 0 Å². The number of benzene rings is 1. The van der Waals surface area contributed by atoms with Crippen LogP contribution in [0.5, 0.6) is 11.5 Å². The van der Waals surface area contributed by atoms with E-state index in [1.165, 1.54) is 17.7 Å². The third-order valence-electron chi connectivity index (χ3n) is 4.29. The Morgan fingerprint density at radius 2 is 1.93 bits per heavy atom. The van der Waals surface area contributed by atoms with Gasteiger partial charge in [0.25, 0.3) is 5.56 Å². The number of nitrogens with zero attached hydrogens (tertiary/aromatic N) is 1. The van der Waals surface area contributed by atoms with Gasteiger partial charge in [-0.2, -0.15) is 13.2 Å². The predicted octanol–water partition coefficient (Wildman–Crippen LogP) is 4.89. The summed E-state index contributed by atoms with van der Waals surface area (Å²) in [4.78, 5) is 13.2. The Kier molecular flexibility index (Phi) is 6.27. The second kappa shape index (κ2) is 8.51. The van der Waals surface area contributed by atoms with Crippen LogP contribution in [0.1, 0.15) is 19.8 Å². The first-order chi connectivity index (χ1) is 13.3. The van der Waals surface area contributed by atoms with Gasteiger partial charge < -0.3 is 14.0 Å². The van der Waals surface area contributed by atoms with Crippen LogP contribution in [0.2, 0.25) is 0 Å². The molecular formula is C20H22F3NO3S. The highest BCUT2D eigenvalue weighted by molar-refractivity contribution is 7.99. The van der Waals surface area contributed by atoms with Gasteiger partial charge >= 0.3 is 6.18 Å². The van der Waals surface area contributed by atoms with Crippen molar-refractivity contribution in [1.29, 1.82) is 0 Å². The zero-order valence-corrected chi connectivity index (χ0v) is 16.5. The van der Waals surface area contributed by atoms with Crippen LogP contribution in [0.25, 0.3) is 11.1 Å². The molecule has 1 aliphatic rings. The number of rotatable bonds is 8. The van der Waals surface area contributed by atoms with Crippen LogP contribution >= 0.6 is 11.8 Å². The van der Waals surface area contributed by atoms with Gasteiger partial charge in [-0.25, -0.2) is 0 Å².